The van der Waals surface area contributed by atoms with Crippen LogP contribution in [-0.4, -0.2) is 19.0 Å². The second kappa shape index (κ2) is 7.09. The molecule has 0 fully saturated rings. The smallest absolute Gasteiger partial charge is 0.240 e. The molecule has 1 aliphatic heterocycles. The number of benzene rings is 2. The minimum absolute atomic E-state index is 0.346. The molecule has 0 aromatic heterocycles. The molecule has 1 aliphatic rings. The first kappa shape index (κ1) is 17.2. The molecule has 3 rings (SSSR count). The van der Waals surface area contributed by atoms with Gasteiger partial charge in [0.05, 0.1) is 5.69 Å². The minimum atomic E-state index is -0.584. The van der Waals surface area contributed by atoms with E-state index in [1.165, 1.54) is 6.08 Å². The first-order valence-corrected chi connectivity index (χ1v) is 8.33. The highest BCUT2D eigenvalue weighted by molar-refractivity contribution is 5.51. The van der Waals surface area contributed by atoms with E-state index in [2.05, 4.69) is 18.8 Å². The summed E-state index contributed by atoms with van der Waals surface area (Å²) >= 11 is 0. The third-order valence-corrected chi connectivity index (χ3v) is 4.59. The van der Waals surface area contributed by atoms with Crippen LogP contribution in [0, 0.1) is 0 Å². The third-order valence-electron chi connectivity index (χ3n) is 4.59. The molecule has 25 heavy (non-hydrogen) atoms. The molecule has 5 nitrogen and oxygen atoms in total. The van der Waals surface area contributed by atoms with Gasteiger partial charge in [0.15, 0.2) is 0 Å². The van der Waals surface area contributed by atoms with E-state index in [9.17, 15) is 4.79 Å². The molecule has 2 atom stereocenters. The van der Waals surface area contributed by atoms with Crippen molar-refractivity contribution >= 4 is 11.8 Å². The summed E-state index contributed by atoms with van der Waals surface area (Å²) in [6.45, 7) is 4.24. The lowest BCUT2D eigenvalue weighted by Gasteiger charge is -2.39. The van der Waals surface area contributed by atoms with Crippen molar-refractivity contribution in [1.29, 1.82) is 0 Å². The van der Waals surface area contributed by atoms with E-state index < -0.39 is 5.79 Å². The molecule has 0 aliphatic carbocycles. The predicted octanol–water partition coefficient (Wildman–Crippen LogP) is 5.08. The number of hydrogen-bond acceptors (Lipinski definition) is 5. The zero-order valence-corrected chi connectivity index (χ0v) is 14.6. The molecule has 0 radical (unpaired) electrons. The highest BCUT2D eigenvalue weighted by atomic mass is 16.7. The van der Waals surface area contributed by atoms with Crippen molar-refractivity contribution in [1.82, 2.24) is 0 Å². The average molecular weight is 339 g/mol. The molecule has 2 aromatic rings. The van der Waals surface area contributed by atoms with Gasteiger partial charge in [0, 0.05) is 26.0 Å². The van der Waals surface area contributed by atoms with E-state index in [-0.39, 0.29) is 0 Å². The van der Waals surface area contributed by atoms with E-state index in [0.717, 1.165) is 24.2 Å². The molecule has 1 heterocycles. The molecule has 0 amide bonds. The number of carbonyl (C=O) groups excluding carboxylic acids is 1. The largest absolute Gasteiger partial charge is 0.462 e. The number of methoxy groups -OCH3 is 1. The second-order valence-corrected chi connectivity index (χ2v) is 6.17. The van der Waals surface area contributed by atoms with Gasteiger partial charge in [0.1, 0.15) is 17.2 Å². The first-order valence-electron chi connectivity index (χ1n) is 8.33. The fraction of sp³-hybridized carbons (Fsp3) is 0.350. The molecule has 130 valence electrons. The average Bonchev–Trinajstić information content (AvgIpc) is 2.63. The summed E-state index contributed by atoms with van der Waals surface area (Å²) in [6, 6.07) is 12.8. The van der Waals surface area contributed by atoms with Crippen LogP contribution in [0.2, 0.25) is 0 Å². The van der Waals surface area contributed by atoms with Gasteiger partial charge >= 0.3 is 0 Å². The van der Waals surface area contributed by atoms with Crippen LogP contribution in [0.5, 0.6) is 17.2 Å². The molecule has 2 aromatic carbocycles. The SMILES string of the molecule is CCC1(OC)CC(C)c2ccc(Oc3ccc(N=C=O)cc3)cc2O1. The molecular weight excluding hydrogens is 318 g/mol. The Kier molecular flexibility index (Phi) is 4.88. The number of hydrogen-bond donors (Lipinski definition) is 0. The summed E-state index contributed by atoms with van der Waals surface area (Å²) in [4.78, 5) is 13.8. The van der Waals surface area contributed by atoms with Gasteiger partial charge in [-0.15, -0.1) is 0 Å². The van der Waals surface area contributed by atoms with Crippen molar-refractivity contribution in [2.75, 3.05) is 7.11 Å². The van der Waals surface area contributed by atoms with Gasteiger partial charge in [-0.2, -0.15) is 4.99 Å². The Balaban J connectivity index is 1.84. The van der Waals surface area contributed by atoms with E-state index in [4.69, 9.17) is 14.2 Å². The lowest BCUT2D eigenvalue weighted by molar-refractivity contribution is -0.180. The molecule has 0 saturated carbocycles. The van der Waals surface area contributed by atoms with Crippen LogP contribution < -0.4 is 9.47 Å². The monoisotopic (exact) mass is 339 g/mol. The maximum absolute atomic E-state index is 10.3. The van der Waals surface area contributed by atoms with Crippen LogP contribution in [0.1, 0.15) is 38.2 Å². The van der Waals surface area contributed by atoms with Crippen LogP contribution in [0.15, 0.2) is 47.5 Å². The van der Waals surface area contributed by atoms with Crippen molar-refractivity contribution < 1.29 is 19.0 Å². The van der Waals surface area contributed by atoms with E-state index >= 15 is 0 Å². The molecule has 5 heteroatoms. The standard InChI is InChI=1S/C20H21NO4/c1-4-20(23-3)12-14(2)18-10-9-17(11-19(18)25-20)24-16-7-5-15(6-8-16)21-13-22/h5-11,14H,4,12H2,1-3H3. The number of ether oxygens (including phenoxy) is 3. The van der Waals surface area contributed by atoms with E-state index in [1.807, 2.05) is 18.2 Å². The fourth-order valence-electron chi connectivity index (χ4n) is 3.16. The topological polar surface area (TPSA) is 57.1 Å². The Bertz CT molecular complexity index is 790. The summed E-state index contributed by atoms with van der Waals surface area (Å²) in [5, 5.41) is 0. The minimum Gasteiger partial charge on any atom is -0.462 e. The number of fused-ring (bicyclic) bond motifs is 1. The summed E-state index contributed by atoms with van der Waals surface area (Å²) < 4.78 is 17.7. The fourth-order valence-corrected chi connectivity index (χ4v) is 3.16. The maximum Gasteiger partial charge on any atom is 0.240 e. The van der Waals surface area contributed by atoms with Crippen molar-refractivity contribution in [3.8, 4) is 17.2 Å². The Morgan fingerprint density at radius 2 is 1.96 bits per heavy atom. The summed E-state index contributed by atoms with van der Waals surface area (Å²) in [5.41, 5.74) is 1.70. The molecule has 0 saturated heterocycles. The predicted molar refractivity (Wildman–Crippen MR) is 94.4 cm³/mol. The zero-order chi connectivity index (χ0) is 17.9. The molecule has 2 unspecified atom stereocenters. The lowest BCUT2D eigenvalue weighted by atomic mass is 9.88. The van der Waals surface area contributed by atoms with Crippen LogP contribution in [0.3, 0.4) is 0 Å². The summed E-state index contributed by atoms with van der Waals surface area (Å²) in [5.74, 6) is 1.89. The Morgan fingerprint density at radius 1 is 1.24 bits per heavy atom. The van der Waals surface area contributed by atoms with Gasteiger partial charge in [-0.25, -0.2) is 4.79 Å². The Labute approximate surface area is 147 Å². The summed E-state index contributed by atoms with van der Waals surface area (Å²) in [6.07, 6.45) is 3.12. The van der Waals surface area contributed by atoms with Gasteiger partial charge in [0.2, 0.25) is 11.9 Å². The van der Waals surface area contributed by atoms with E-state index in [1.54, 1.807) is 31.4 Å². The number of isocyanates is 1. The quantitative estimate of drug-likeness (QED) is 0.563. The molecule has 0 bridgehead atoms. The first-order chi connectivity index (χ1) is 12.1. The van der Waals surface area contributed by atoms with Gasteiger partial charge in [-0.1, -0.05) is 19.9 Å². The van der Waals surface area contributed by atoms with Crippen LogP contribution >= 0.6 is 0 Å². The van der Waals surface area contributed by atoms with Crippen molar-refractivity contribution in [3.63, 3.8) is 0 Å². The number of aliphatic imine (C=N–C) groups is 1. The van der Waals surface area contributed by atoms with Crippen LogP contribution in [-0.2, 0) is 9.53 Å². The third kappa shape index (κ3) is 3.58. The van der Waals surface area contributed by atoms with E-state index in [0.29, 0.717) is 23.1 Å². The highest BCUT2D eigenvalue weighted by Crippen LogP contribution is 2.44. The van der Waals surface area contributed by atoms with Gasteiger partial charge in [-0.3, -0.25) is 0 Å². The van der Waals surface area contributed by atoms with Gasteiger partial charge < -0.3 is 14.2 Å². The lowest BCUT2D eigenvalue weighted by Crippen LogP contribution is -2.41. The molecular formula is C20H21NO4. The highest BCUT2D eigenvalue weighted by Gasteiger charge is 2.38. The number of nitrogens with zero attached hydrogens (tertiary/aromatic N) is 1. The Morgan fingerprint density at radius 3 is 2.60 bits per heavy atom. The summed E-state index contributed by atoms with van der Waals surface area (Å²) in [7, 11) is 1.69. The second-order valence-electron chi connectivity index (χ2n) is 6.17. The van der Waals surface area contributed by atoms with Crippen molar-refractivity contribution in [2.45, 2.75) is 38.4 Å². The van der Waals surface area contributed by atoms with Crippen LogP contribution in [0.4, 0.5) is 5.69 Å². The molecule has 0 N–H and O–H groups in total. The van der Waals surface area contributed by atoms with Crippen molar-refractivity contribution in [3.05, 3.63) is 48.0 Å². The number of rotatable bonds is 5. The Hall–Kier alpha value is -2.62. The maximum atomic E-state index is 10.3. The van der Waals surface area contributed by atoms with Crippen LogP contribution in [0.25, 0.3) is 0 Å². The van der Waals surface area contributed by atoms with Gasteiger partial charge in [-0.05, 0) is 41.8 Å². The van der Waals surface area contributed by atoms with Gasteiger partial charge in [0.25, 0.3) is 0 Å². The normalized spacial score (nSPS) is 21.6. The zero-order valence-electron chi connectivity index (χ0n) is 14.6. The van der Waals surface area contributed by atoms with Crippen molar-refractivity contribution in [2.24, 2.45) is 4.99 Å². The molecule has 0 spiro atoms.